The molecule has 1 atom stereocenters. The van der Waals surface area contributed by atoms with E-state index in [0.717, 1.165) is 46.3 Å². The monoisotopic (exact) mass is 412 g/mol. The van der Waals surface area contributed by atoms with E-state index in [2.05, 4.69) is 16.9 Å². The van der Waals surface area contributed by atoms with E-state index in [1.54, 1.807) is 11.3 Å². The number of hydrogen-bond acceptors (Lipinski definition) is 5. The van der Waals surface area contributed by atoms with Gasteiger partial charge in [0.2, 0.25) is 0 Å². The Morgan fingerprint density at radius 2 is 2.14 bits per heavy atom. The normalized spacial score (nSPS) is 17.1. The molecule has 1 aromatic carbocycles. The topological polar surface area (TPSA) is 84.1 Å². The maximum Gasteiger partial charge on any atom is 0.259 e. The second-order valence-corrected chi connectivity index (χ2v) is 9.60. The number of hydrogen-bond donors (Lipinski definition) is 2. The first kappa shape index (κ1) is 19.2. The SMILES string of the molecule is Cc1cccc(C)c1N=C(N)SCc1nc2sc3c(c2c(=O)[nH]1)CC[C@@H](C)C3. The van der Waals surface area contributed by atoms with Crippen LogP contribution in [0.5, 0.6) is 0 Å². The summed E-state index contributed by atoms with van der Waals surface area (Å²) in [5.74, 6) is 1.81. The second-order valence-electron chi connectivity index (χ2n) is 7.52. The maximum atomic E-state index is 12.7. The Bertz CT molecular complexity index is 1110. The zero-order valence-electron chi connectivity index (χ0n) is 16.3. The average Bonchev–Trinajstić information content (AvgIpc) is 3.01. The first-order valence-corrected chi connectivity index (χ1v) is 11.3. The number of nitrogens with two attached hydrogens (primary N) is 1. The van der Waals surface area contributed by atoms with Gasteiger partial charge in [-0.15, -0.1) is 11.3 Å². The summed E-state index contributed by atoms with van der Waals surface area (Å²) in [5, 5.41) is 1.26. The molecule has 28 heavy (non-hydrogen) atoms. The number of aromatic amines is 1. The van der Waals surface area contributed by atoms with Crippen molar-refractivity contribution in [2.75, 3.05) is 0 Å². The van der Waals surface area contributed by atoms with Gasteiger partial charge in [0, 0.05) is 4.88 Å². The van der Waals surface area contributed by atoms with E-state index >= 15 is 0 Å². The van der Waals surface area contributed by atoms with Crippen LogP contribution >= 0.6 is 23.1 Å². The fourth-order valence-corrected chi connectivity index (χ4v) is 5.71. The van der Waals surface area contributed by atoms with Crippen molar-refractivity contribution in [3.63, 3.8) is 0 Å². The van der Waals surface area contributed by atoms with Crippen molar-refractivity contribution in [3.05, 3.63) is 55.9 Å². The standard InChI is InChI=1S/C21H24N4OS2/c1-11-7-8-14-15(9-11)28-20-17(14)19(26)23-16(24-20)10-27-21(22)25-18-12(2)5-4-6-13(18)3/h4-6,11H,7-10H2,1-3H3,(H2,22,25)(H,23,24,26)/t11-/m1/s1. The van der Waals surface area contributed by atoms with Gasteiger partial charge in [0.05, 0.1) is 16.8 Å². The molecule has 1 aliphatic rings. The fraction of sp³-hybridized carbons (Fsp3) is 0.381. The second kappa shape index (κ2) is 7.72. The molecule has 146 valence electrons. The van der Waals surface area contributed by atoms with E-state index in [0.29, 0.717) is 22.7 Å². The van der Waals surface area contributed by atoms with E-state index in [9.17, 15) is 4.79 Å². The van der Waals surface area contributed by atoms with E-state index in [-0.39, 0.29) is 5.56 Å². The lowest BCUT2D eigenvalue weighted by Crippen LogP contribution is -2.15. The summed E-state index contributed by atoms with van der Waals surface area (Å²) in [6.45, 7) is 6.32. The summed E-state index contributed by atoms with van der Waals surface area (Å²) in [4.78, 5) is 27.1. The molecule has 5 nitrogen and oxygen atoms in total. The number of aryl methyl sites for hydroxylation is 3. The number of H-pyrrole nitrogens is 1. The van der Waals surface area contributed by atoms with Gasteiger partial charge in [-0.25, -0.2) is 9.98 Å². The molecule has 0 saturated carbocycles. The van der Waals surface area contributed by atoms with Crippen LogP contribution in [0.1, 0.15) is 40.7 Å². The van der Waals surface area contributed by atoms with Gasteiger partial charge in [-0.2, -0.15) is 0 Å². The molecule has 0 aliphatic heterocycles. The number of nitrogens with one attached hydrogen (secondary N) is 1. The van der Waals surface area contributed by atoms with Gasteiger partial charge in [-0.05, 0) is 55.7 Å². The van der Waals surface area contributed by atoms with Crippen LogP contribution in [0.2, 0.25) is 0 Å². The minimum atomic E-state index is -0.0297. The van der Waals surface area contributed by atoms with Gasteiger partial charge in [-0.1, -0.05) is 36.9 Å². The Morgan fingerprint density at radius 3 is 2.89 bits per heavy atom. The molecular weight excluding hydrogens is 388 g/mol. The Balaban J connectivity index is 1.57. The number of thiophene rings is 1. The molecule has 4 rings (SSSR count). The summed E-state index contributed by atoms with van der Waals surface area (Å²) in [6.07, 6.45) is 3.17. The quantitative estimate of drug-likeness (QED) is 0.486. The number of amidine groups is 1. The number of aliphatic imine (C=N–C) groups is 1. The molecular formula is C21H24N4OS2. The van der Waals surface area contributed by atoms with E-state index in [1.165, 1.54) is 22.2 Å². The predicted octanol–water partition coefficient (Wildman–Crippen LogP) is 4.61. The highest BCUT2D eigenvalue weighted by Crippen LogP contribution is 2.35. The highest BCUT2D eigenvalue weighted by Gasteiger charge is 2.23. The zero-order valence-corrected chi connectivity index (χ0v) is 18.0. The van der Waals surface area contributed by atoms with Crippen molar-refractivity contribution in [1.82, 2.24) is 9.97 Å². The molecule has 0 bridgehead atoms. The molecule has 0 amide bonds. The summed E-state index contributed by atoms with van der Waals surface area (Å²) in [5.41, 5.74) is 10.4. The average molecular weight is 413 g/mol. The third kappa shape index (κ3) is 3.73. The minimum Gasteiger partial charge on any atom is -0.378 e. The summed E-state index contributed by atoms with van der Waals surface area (Å²) in [6, 6.07) is 6.06. The Labute approximate surface area is 172 Å². The number of para-hydroxylation sites is 1. The van der Waals surface area contributed by atoms with Crippen molar-refractivity contribution in [3.8, 4) is 0 Å². The zero-order chi connectivity index (χ0) is 19.8. The Kier molecular flexibility index (Phi) is 5.29. The van der Waals surface area contributed by atoms with Crippen LogP contribution in [0.15, 0.2) is 28.0 Å². The van der Waals surface area contributed by atoms with Gasteiger partial charge in [0.25, 0.3) is 5.56 Å². The number of fused-ring (bicyclic) bond motifs is 3. The van der Waals surface area contributed by atoms with Crippen molar-refractivity contribution in [2.45, 2.75) is 45.8 Å². The van der Waals surface area contributed by atoms with Gasteiger partial charge in [0.15, 0.2) is 5.17 Å². The molecule has 0 saturated heterocycles. The smallest absolute Gasteiger partial charge is 0.259 e. The molecule has 3 aromatic rings. The third-order valence-corrected chi connectivity index (χ3v) is 7.19. The Hall–Kier alpha value is -2.12. The molecule has 3 N–H and O–H groups in total. The molecule has 0 fully saturated rings. The molecule has 0 spiro atoms. The van der Waals surface area contributed by atoms with Crippen molar-refractivity contribution in [2.24, 2.45) is 16.6 Å². The van der Waals surface area contributed by atoms with Crippen LogP contribution in [0.4, 0.5) is 5.69 Å². The molecule has 2 aromatic heterocycles. The minimum absolute atomic E-state index is 0.0297. The summed E-state index contributed by atoms with van der Waals surface area (Å²) < 4.78 is 0. The predicted molar refractivity (Wildman–Crippen MR) is 120 cm³/mol. The van der Waals surface area contributed by atoms with Crippen molar-refractivity contribution in [1.29, 1.82) is 0 Å². The number of aromatic nitrogens is 2. The summed E-state index contributed by atoms with van der Waals surface area (Å²) in [7, 11) is 0. The van der Waals surface area contributed by atoms with E-state index in [4.69, 9.17) is 10.7 Å². The Morgan fingerprint density at radius 1 is 1.39 bits per heavy atom. The molecule has 7 heteroatoms. The first-order chi connectivity index (χ1) is 13.4. The largest absolute Gasteiger partial charge is 0.378 e. The number of thioether (sulfide) groups is 1. The first-order valence-electron chi connectivity index (χ1n) is 9.49. The van der Waals surface area contributed by atoms with Gasteiger partial charge in [0.1, 0.15) is 10.7 Å². The van der Waals surface area contributed by atoms with Gasteiger partial charge in [-0.3, -0.25) is 4.79 Å². The summed E-state index contributed by atoms with van der Waals surface area (Å²) >= 11 is 3.06. The molecule has 0 unspecified atom stereocenters. The highest BCUT2D eigenvalue weighted by atomic mass is 32.2. The number of rotatable bonds is 3. The molecule has 2 heterocycles. The number of benzene rings is 1. The van der Waals surface area contributed by atoms with Gasteiger partial charge >= 0.3 is 0 Å². The lowest BCUT2D eigenvalue weighted by Gasteiger charge is -2.17. The van der Waals surface area contributed by atoms with E-state index in [1.807, 2.05) is 32.0 Å². The van der Waals surface area contributed by atoms with Crippen LogP contribution < -0.4 is 11.3 Å². The van der Waals surface area contributed by atoms with Crippen molar-refractivity contribution >= 4 is 44.2 Å². The number of nitrogens with zero attached hydrogens (tertiary/aromatic N) is 2. The lowest BCUT2D eigenvalue weighted by atomic mass is 9.89. The lowest BCUT2D eigenvalue weighted by molar-refractivity contribution is 0.509. The third-order valence-electron chi connectivity index (χ3n) is 5.23. The fourth-order valence-electron chi connectivity index (χ4n) is 3.73. The maximum absolute atomic E-state index is 12.7. The highest BCUT2D eigenvalue weighted by molar-refractivity contribution is 8.13. The van der Waals surface area contributed by atoms with Crippen LogP contribution in [0, 0.1) is 19.8 Å². The van der Waals surface area contributed by atoms with Crippen LogP contribution in [0.3, 0.4) is 0 Å². The molecule has 1 aliphatic carbocycles. The van der Waals surface area contributed by atoms with Crippen LogP contribution in [0.25, 0.3) is 10.2 Å². The van der Waals surface area contributed by atoms with E-state index < -0.39 is 0 Å². The van der Waals surface area contributed by atoms with Gasteiger partial charge < -0.3 is 10.7 Å². The van der Waals surface area contributed by atoms with Crippen LogP contribution in [-0.2, 0) is 18.6 Å². The molecule has 0 radical (unpaired) electrons. The van der Waals surface area contributed by atoms with Crippen molar-refractivity contribution < 1.29 is 0 Å². The van der Waals surface area contributed by atoms with Crippen LogP contribution in [-0.4, -0.2) is 15.1 Å².